The maximum absolute atomic E-state index is 12.6. The number of fused-ring (bicyclic) bond motifs is 1. The molecule has 8 heteroatoms. The Morgan fingerprint density at radius 3 is 2.93 bits per heavy atom. The summed E-state index contributed by atoms with van der Waals surface area (Å²) in [5, 5.41) is 0. The molecule has 0 spiro atoms. The molecule has 0 saturated carbocycles. The van der Waals surface area contributed by atoms with Crippen molar-refractivity contribution in [3.05, 3.63) is 58.6 Å². The van der Waals surface area contributed by atoms with Gasteiger partial charge in [0.2, 0.25) is 10.0 Å². The van der Waals surface area contributed by atoms with Gasteiger partial charge < -0.3 is 9.32 Å². The normalized spacial score (nSPS) is 17.7. The summed E-state index contributed by atoms with van der Waals surface area (Å²) in [5.74, 6) is -0.357. The van der Waals surface area contributed by atoms with E-state index < -0.39 is 15.8 Å². The fraction of sp³-hybridized carbons (Fsp3) is 0.316. The molecule has 1 aliphatic heterocycles. The third kappa shape index (κ3) is 3.77. The van der Waals surface area contributed by atoms with E-state index in [1.54, 1.807) is 0 Å². The number of anilines is 1. The maximum atomic E-state index is 12.6. The summed E-state index contributed by atoms with van der Waals surface area (Å²) in [6.45, 7) is 4.17. The van der Waals surface area contributed by atoms with Crippen molar-refractivity contribution >= 4 is 26.8 Å². The van der Waals surface area contributed by atoms with Crippen LogP contribution in [0.4, 0.5) is 5.69 Å². The van der Waals surface area contributed by atoms with E-state index >= 15 is 0 Å². The van der Waals surface area contributed by atoms with Gasteiger partial charge in [-0.1, -0.05) is 12.1 Å². The van der Waals surface area contributed by atoms with Crippen LogP contribution >= 0.6 is 0 Å². The van der Waals surface area contributed by atoms with Crippen LogP contribution in [0.15, 0.2) is 56.6 Å². The van der Waals surface area contributed by atoms with Crippen LogP contribution in [0.1, 0.15) is 12.0 Å². The van der Waals surface area contributed by atoms with Gasteiger partial charge in [-0.2, -0.15) is 0 Å². The van der Waals surface area contributed by atoms with E-state index in [2.05, 4.69) is 39.7 Å². The van der Waals surface area contributed by atoms with E-state index in [4.69, 9.17) is 4.42 Å². The maximum Gasteiger partial charge on any atom is 0.417 e. The molecule has 1 atom stereocenters. The minimum atomic E-state index is -3.66. The van der Waals surface area contributed by atoms with E-state index in [-0.39, 0.29) is 16.4 Å². The molecule has 27 heavy (non-hydrogen) atoms. The van der Waals surface area contributed by atoms with Gasteiger partial charge in [-0.05, 0) is 49.1 Å². The summed E-state index contributed by atoms with van der Waals surface area (Å²) in [6.07, 6.45) is 0.933. The number of hydrogen-bond donors (Lipinski definition) is 2. The van der Waals surface area contributed by atoms with Crippen molar-refractivity contribution in [1.82, 2.24) is 9.71 Å². The largest absolute Gasteiger partial charge is 0.417 e. The molecule has 0 amide bonds. The number of nitrogens with one attached hydrogen (secondary N) is 2. The third-order valence-corrected chi connectivity index (χ3v) is 6.34. The van der Waals surface area contributed by atoms with Gasteiger partial charge in [0.1, 0.15) is 0 Å². The molecule has 3 aromatic rings. The van der Waals surface area contributed by atoms with Crippen LogP contribution in [0, 0.1) is 12.8 Å². The van der Waals surface area contributed by atoms with Crippen molar-refractivity contribution in [2.75, 3.05) is 24.5 Å². The Morgan fingerprint density at radius 2 is 2.11 bits per heavy atom. The van der Waals surface area contributed by atoms with Gasteiger partial charge in [0.05, 0.1) is 10.4 Å². The Bertz CT molecular complexity index is 1130. The molecule has 0 bridgehead atoms. The van der Waals surface area contributed by atoms with E-state index in [0.29, 0.717) is 12.1 Å². The van der Waals surface area contributed by atoms with E-state index in [9.17, 15) is 13.2 Å². The number of H-pyrrole nitrogens is 1. The van der Waals surface area contributed by atoms with Crippen LogP contribution in [-0.2, 0) is 10.0 Å². The monoisotopic (exact) mass is 387 g/mol. The lowest BCUT2D eigenvalue weighted by molar-refractivity contribution is 0.540. The fourth-order valence-electron chi connectivity index (χ4n) is 3.46. The van der Waals surface area contributed by atoms with Gasteiger partial charge >= 0.3 is 5.76 Å². The summed E-state index contributed by atoms with van der Waals surface area (Å²) in [7, 11) is -3.66. The minimum absolute atomic E-state index is 0.0892. The zero-order chi connectivity index (χ0) is 19.0. The Hall–Kier alpha value is -2.58. The zero-order valence-corrected chi connectivity index (χ0v) is 15.8. The molecule has 2 N–H and O–H groups in total. The lowest BCUT2D eigenvalue weighted by atomic mass is 10.1. The fourth-order valence-corrected chi connectivity index (χ4v) is 4.59. The molecule has 2 heterocycles. The molecule has 7 nitrogen and oxygen atoms in total. The average Bonchev–Trinajstić information content (AvgIpc) is 3.25. The van der Waals surface area contributed by atoms with Gasteiger partial charge in [-0.15, -0.1) is 0 Å². The Balaban J connectivity index is 1.42. The van der Waals surface area contributed by atoms with Crippen molar-refractivity contribution in [2.24, 2.45) is 5.92 Å². The van der Waals surface area contributed by atoms with Crippen molar-refractivity contribution < 1.29 is 12.8 Å². The first-order valence-electron chi connectivity index (χ1n) is 8.85. The number of rotatable bonds is 5. The van der Waals surface area contributed by atoms with Gasteiger partial charge in [0.15, 0.2) is 5.58 Å². The smallest absolute Gasteiger partial charge is 0.408 e. The van der Waals surface area contributed by atoms with Gasteiger partial charge in [0, 0.05) is 31.4 Å². The van der Waals surface area contributed by atoms with Crippen molar-refractivity contribution in [1.29, 1.82) is 0 Å². The van der Waals surface area contributed by atoms with E-state index in [0.717, 1.165) is 19.5 Å². The second kappa shape index (κ2) is 6.86. The Morgan fingerprint density at radius 1 is 1.26 bits per heavy atom. The highest BCUT2D eigenvalue weighted by atomic mass is 32.2. The highest BCUT2D eigenvalue weighted by molar-refractivity contribution is 7.89. The molecule has 4 rings (SSSR count). The molecule has 2 aromatic carbocycles. The molecule has 1 aliphatic rings. The first kappa shape index (κ1) is 17.8. The number of aryl methyl sites for hydroxylation is 1. The molecular weight excluding hydrogens is 366 g/mol. The quantitative estimate of drug-likeness (QED) is 0.700. The van der Waals surface area contributed by atoms with Gasteiger partial charge in [-0.25, -0.2) is 17.9 Å². The standard InChI is InChI=1S/C19H21N3O4S/c1-13-3-2-4-15(9-13)22-8-7-14(12-22)11-20-27(24,25)16-5-6-17-18(10-16)26-19(23)21-17/h2-6,9-10,14,20H,7-8,11-12H2,1H3,(H,21,23). The minimum Gasteiger partial charge on any atom is -0.408 e. The Labute approximate surface area is 157 Å². The third-order valence-electron chi connectivity index (χ3n) is 4.92. The molecule has 1 aromatic heterocycles. The SMILES string of the molecule is Cc1cccc(N2CCC(CNS(=O)(=O)c3ccc4[nH]c(=O)oc4c3)C2)c1. The van der Waals surface area contributed by atoms with Crippen LogP contribution in [-0.4, -0.2) is 33.0 Å². The Kier molecular flexibility index (Phi) is 4.53. The number of aromatic amines is 1. The molecule has 1 fully saturated rings. The molecule has 0 radical (unpaired) electrons. The molecule has 0 aliphatic carbocycles. The zero-order valence-electron chi connectivity index (χ0n) is 14.9. The summed E-state index contributed by atoms with van der Waals surface area (Å²) < 4.78 is 32.8. The lowest BCUT2D eigenvalue weighted by Crippen LogP contribution is -2.31. The second-order valence-electron chi connectivity index (χ2n) is 6.96. The van der Waals surface area contributed by atoms with Gasteiger partial charge in [-0.3, -0.25) is 4.98 Å². The van der Waals surface area contributed by atoms with E-state index in [1.165, 1.54) is 29.4 Å². The molecule has 1 saturated heterocycles. The van der Waals surface area contributed by atoms with Crippen LogP contribution in [0.25, 0.3) is 11.1 Å². The molecule has 142 valence electrons. The summed E-state index contributed by atoms with van der Waals surface area (Å²) in [5.41, 5.74) is 3.09. The first-order chi connectivity index (χ1) is 12.9. The lowest BCUT2D eigenvalue weighted by Gasteiger charge is -2.19. The number of sulfonamides is 1. The summed E-state index contributed by atoms with van der Waals surface area (Å²) >= 11 is 0. The first-order valence-corrected chi connectivity index (χ1v) is 10.3. The predicted molar refractivity (Wildman–Crippen MR) is 104 cm³/mol. The number of benzene rings is 2. The van der Waals surface area contributed by atoms with Crippen molar-refractivity contribution in [2.45, 2.75) is 18.2 Å². The van der Waals surface area contributed by atoms with Gasteiger partial charge in [0.25, 0.3) is 0 Å². The van der Waals surface area contributed by atoms with Crippen LogP contribution in [0.5, 0.6) is 0 Å². The highest BCUT2D eigenvalue weighted by Gasteiger charge is 2.25. The van der Waals surface area contributed by atoms with Crippen LogP contribution < -0.4 is 15.4 Å². The van der Waals surface area contributed by atoms with E-state index in [1.807, 2.05) is 6.07 Å². The molecular formula is C19H21N3O4S. The predicted octanol–water partition coefficient (Wildman–Crippen LogP) is 2.23. The van der Waals surface area contributed by atoms with Crippen molar-refractivity contribution in [3.63, 3.8) is 0 Å². The number of hydrogen-bond acceptors (Lipinski definition) is 5. The second-order valence-corrected chi connectivity index (χ2v) is 8.73. The average molecular weight is 387 g/mol. The number of nitrogens with zero attached hydrogens (tertiary/aromatic N) is 1. The summed E-state index contributed by atoms with van der Waals surface area (Å²) in [6, 6.07) is 12.7. The summed E-state index contributed by atoms with van der Waals surface area (Å²) in [4.78, 5) is 16.1. The topological polar surface area (TPSA) is 95.4 Å². The number of aromatic nitrogens is 1. The molecule has 1 unspecified atom stereocenters. The highest BCUT2D eigenvalue weighted by Crippen LogP contribution is 2.24. The van der Waals surface area contributed by atoms with Crippen LogP contribution in [0.3, 0.4) is 0 Å². The van der Waals surface area contributed by atoms with Crippen molar-refractivity contribution in [3.8, 4) is 0 Å². The number of oxazole rings is 1. The van der Waals surface area contributed by atoms with Crippen LogP contribution in [0.2, 0.25) is 0 Å².